The molecule has 0 saturated heterocycles. The smallest absolute Gasteiger partial charge is 0.314 e. The van der Waals surface area contributed by atoms with E-state index in [-0.39, 0.29) is 17.2 Å². The quantitative estimate of drug-likeness (QED) is 0.257. The highest BCUT2D eigenvalue weighted by molar-refractivity contribution is 5.75. The van der Waals surface area contributed by atoms with E-state index in [2.05, 4.69) is 6.58 Å². The molecule has 0 radical (unpaired) electrons. The van der Waals surface area contributed by atoms with E-state index in [1.807, 2.05) is 0 Å². The number of hydrogen-bond donors (Lipinski definition) is 0. The third-order valence-corrected chi connectivity index (χ3v) is 6.49. The minimum atomic E-state index is -0.874. The van der Waals surface area contributed by atoms with E-state index in [4.69, 9.17) is 9.47 Å². The van der Waals surface area contributed by atoms with Crippen molar-refractivity contribution in [1.82, 2.24) is 0 Å². The van der Waals surface area contributed by atoms with E-state index >= 15 is 4.39 Å². The second-order valence-corrected chi connectivity index (χ2v) is 8.65. The number of ether oxygens (including phenoxy) is 2. The van der Waals surface area contributed by atoms with Crippen molar-refractivity contribution < 1.29 is 27.4 Å². The second kappa shape index (κ2) is 10.8. The molecule has 3 aromatic carbocycles. The Kier molecular flexibility index (Phi) is 7.59. The first-order chi connectivity index (χ1) is 16.9. The number of rotatable bonds is 7. The van der Waals surface area contributed by atoms with Crippen molar-refractivity contribution in [2.24, 2.45) is 5.92 Å². The third-order valence-electron chi connectivity index (χ3n) is 6.49. The molecule has 4 rings (SSSR count). The van der Waals surface area contributed by atoms with Crippen LogP contribution in [0.4, 0.5) is 13.2 Å². The summed E-state index contributed by atoms with van der Waals surface area (Å²) in [5, 5.41) is 0. The maximum absolute atomic E-state index is 15.0. The molecule has 3 nitrogen and oxygen atoms in total. The van der Waals surface area contributed by atoms with Gasteiger partial charge >= 0.3 is 5.97 Å². The van der Waals surface area contributed by atoms with E-state index in [0.29, 0.717) is 49.2 Å². The first kappa shape index (κ1) is 24.6. The molecule has 0 bridgehead atoms. The highest BCUT2D eigenvalue weighted by atomic mass is 19.2. The molecule has 0 unspecified atom stereocenters. The Balaban J connectivity index is 1.40. The van der Waals surface area contributed by atoms with Gasteiger partial charge in [0.1, 0.15) is 5.75 Å². The Bertz CT molecular complexity index is 1210. The molecule has 0 aliphatic heterocycles. The number of hydrogen-bond acceptors (Lipinski definition) is 3. The zero-order valence-corrected chi connectivity index (χ0v) is 19.5. The van der Waals surface area contributed by atoms with Crippen LogP contribution in [0.1, 0.15) is 49.7 Å². The topological polar surface area (TPSA) is 35.5 Å². The molecule has 1 saturated carbocycles. The molecule has 0 spiro atoms. The van der Waals surface area contributed by atoms with Gasteiger partial charge in [-0.1, -0.05) is 49.1 Å². The Hall–Kier alpha value is -3.54. The molecular weight excluding hydrogens is 453 g/mol. The summed E-state index contributed by atoms with van der Waals surface area (Å²) in [7, 11) is 0. The Morgan fingerprint density at radius 2 is 1.69 bits per heavy atom. The number of esters is 1. The average molecular weight is 481 g/mol. The number of halogens is 3. The summed E-state index contributed by atoms with van der Waals surface area (Å²) in [6.45, 7) is 5.89. The predicted molar refractivity (Wildman–Crippen MR) is 130 cm³/mol. The first-order valence-electron chi connectivity index (χ1n) is 11.8. The van der Waals surface area contributed by atoms with Gasteiger partial charge in [0, 0.05) is 11.6 Å². The van der Waals surface area contributed by atoms with Gasteiger partial charge in [0.2, 0.25) is 0 Å². The molecule has 1 aliphatic carbocycles. The maximum atomic E-state index is 15.0. The minimum Gasteiger partial charge on any atom is -0.494 e. The van der Waals surface area contributed by atoms with Gasteiger partial charge in [0.15, 0.2) is 23.2 Å². The zero-order chi connectivity index (χ0) is 24.9. The monoisotopic (exact) mass is 480 g/mol. The lowest BCUT2D eigenvalue weighted by Crippen LogP contribution is -2.25. The van der Waals surface area contributed by atoms with Crippen LogP contribution in [0.2, 0.25) is 0 Å². The van der Waals surface area contributed by atoms with Gasteiger partial charge in [-0.3, -0.25) is 4.79 Å². The molecule has 0 N–H and O–H groups in total. The van der Waals surface area contributed by atoms with Crippen molar-refractivity contribution in [3.8, 4) is 22.6 Å². The average Bonchev–Trinajstić information content (AvgIpc) is 2.87. The molecule has 0 aromatic heterocycles. The molecule has 0 amide bonds. The minimum absolute atomic E-state index is 0.148. The summed E-state index contributed by atoms with van der Waals surface area (Å²) >= 11 is 0. The molecule has 35 heavy (non-hydrogen) atoms. The lowest BCUT2D eigenvalue weighted by atomic mass is 9.78. The molecular formula is C29H27F3O3. The summed E-state index contributed by atoms with van der Waals surface area (Å²) in [4.78, 5) is 12.6. The van der Waals surface area contributed by atoms with Crippen molar-refractivity contribution in [2.45, 2.75) is 38.5 Å². The van der Waals surface area contributed by atoms with Gasteiger partial charge in [0.05, 0.1) is 12.5 Å². The maximum Gasteiger partial charge on any atom is 0.314 e. The Morgan fingerprint density at radius 1 is 0.971 bits per heavy atom. The first-order valence-corrected chi connectivity index (χ1v) is 11.8. The lowest BCUT2D eigenvalue weighted by molar-refractivity contribution is -0.140. The van der Waals surface area contributed by atoms with Crippen LogP contribution in [0, 0.1) is 23.4 Å². The van der Waals surface area contributed by atoms with E-state index in [1.165, 1.54) is 12.1 Å². The molecule has 6 heteroatoms. The van der Waals surface area contributed by atoms with Crippen molar-refractivity contribution in [2.75, 3.05) is 6.61 Å². The van der Waals surface area contributed by atoms with Gasteiger partial charge in [-0.05, 0) is 67.3 Å². The van der Waals surface area contributed by atoms with E-state index in [0.717, 1.165) is 5.56 Å². The van der Waals surface area contributed by atoms with Crippen LogP contribution in [0.15, 0.2) is 61.2 Å². The van der Waals surface area contributed by atoms with Crippen molar-refractivity contribution in [3.63, 3.8) is 0 Å². The van der Waals surface area contributed by atoms with Crippen molar-refractivity contribution in [3.05, 3.63) is 89.8 Å². The molecule has 0 heterocycles. The van der Waals surface area contributed by atoms with Gasteiger partial charge in [-0.2, -0.15) is 0 Å². The molecule has 3 aromatic rings. The molecule has 182 valence electrons. The number of benzene rings is 3. The summed E-state index contributed by atoms with van der Waals surface area (Å²) in [6, 6.07) is 14.4. The second-order valence-electron chi connectivity index (χ2n) is 8.65. The number of carbonyl (C=O) groups is 1. The van der Waals surface area contributed by atoms with Crippen molar-refractivity contribution >= 4 is 12.0 Å². The van der Waals surface area contributed by atoms with Crippen LogP contribution in [-0.2, 0) is 4.79 Å². The molecule has 1 fully saturated rings. The molecule has 0 atom stereocenters. The standard InChI is InChI=1S/C29H27F3O3/c1-3-18-5-7-19(8-6-18)23-14-15-24(28(32)27(23)31)20-9-11-21(12-10-20)29(33)35-26-16-13-22(34-4-2)17-25(26)30/h3,5-8,13-17,20-21H,1,4,9-12H2,2H3. The third kappa shape index (κ3) is 5.42. The van der Waals surface area contributed by atoms with Gasteiger partial charge in [-0.15, -0.1) is 0 Å². The molecule has 1 aliphatic rings. The van der Waals surface area contributed by atoms with Crippen LogP contribution in [0.25, 0.3) is 17.2 Å². The van der Waals surface area contributed by atoms with Gasteiger partial charge in [-0.25, -0.2) is 13.2 Å². The Labute approximate surface area is 203 Å². The van der Waals surface area contributed by atoms with Crippen molar-refractivity contribution in [1.29, 1.82) is 0 Å². The zero-order valence-electron chi connectivity index (χ0n) is 19.5. The Morgan fingerprint density at radius 3 is 2.31 bits per heavy atom. The van der Waals surface area contributed by atoms with E-state index in [1.54, 1.807) is 55.5 Å². The fourth-order valence-electron chi connectivity index (χ4n) is 4.55. The van der Waals surface area contributed by atoms with Crippen LogP contribution < -0.4 is 9.47 Å². The van der Waals surface area contributed by atoms with Gasteiger partial charge in [0.25, 0.3) is 0 Å². The summed E-state index contributed by atoms with van der Waals surface area (Å²) in [5.41, 5.74) is 2.01. The van der Waals surface area contributed by atoms with Crippen LogP contribution in [0.3, 0.4) is 0 Å². The number of carbonyl (C=O) groups excluding carboxylic acids is 1. The summed E-state index contributed by atoms with van der Waals surface area (Å²) in [6.07, 6.45) is 3.61. The van der Waals surface area contributed by atoms with Crippen LogP contribution in [0.5, 0.6) is 11.5 Å². The van der Waals surface area contributed by atoms with E-state index in [9.17, 15) is 13.6 Å². The predicted octanol–water partition coefficient (Wildman–Crippen LogP) is 7.69. The highest BCUT2D eigenvalue weighted by Gasteiger charge is 2.31. The SMILES string of the molecule is C=Cc1ccc(-c2ccc(C3CCC(C(=O)Oc4ccc(OCC)cc4F)CC3)c(F)c2F)cc1. The largest absolute Gasteiger partial charge is 0.494 e. The fraction of sp³-hybridized carbons (Fsp3) is 0.276. The highest BCUT2D eigenvalue weighted by Crippen LogP contribution is 2.39. The van der Waals surface area contributed by atoms with Crippen LogP contribution >= 0.6 is 0 Å². The van der Waals surface area contributed by atoms with Crippen LogP contribution in [-0.4, -0.2) is 12.6 Å². The fourth-order valence-corrected chi connectivity index (χ4v) is 4.55. The summed E-state index contributed by atoms with van der Waals surface area (Å²) in [5.74, 6) is -3.32. The van der Waals surface area contributed by atoms with Gasteiger partial charge < -0.3 is 9.47 Å². The normalized spacial score (nSPS) is 17.6. The lowest BCUT2D eigenvalue weighted by Gasteiger charge is -2.28. The summed E-state index contributed by atoms with van der Waals surface area (Å²) < 4.78 is 54.7. The van der Waals surface area contributed by atoms with E-state index < -0.39 is 29.3 Å².